The fourth-order valence-corrected chi connectivity index (χ4v) is 1.14. The van der Waals surface area contributed by atoms with Crippen molar-refractivity contribution < 1.29 is 9.84 Å². The largest absolute Gasteiger partial charge is 0.481 e. The van der Waals surface area contributed by atoms with E-state index in [9.17, 15) is 0 Å². The van der Waals surface area contributed by atoms with Gasteiger partial charge in [-0.05, 0) is 17.7 Å². The summed E-state index contributed by atoms with van der Waals surface area (Å²) in [5.74, 6) is 3.19. The predicted octanol–water partition coefficient (Wildman–Crippen LogP) is 0.780. The smallest absolute Gasteiger partial charge is 0.148 e. The highest BCUT2D eigenvalue weighted by atomic mass is 16.5. The minimum atomic E-state index is 0.156. The van der Waals surface area contributed by atoms with E-state index in [4.69, 9.17) is 16.3 Å². The van der Waals surface area contributed by atoms with Crippen LogP contribution in [0.5, 0.6) is 5.75 Å². The van der Waals surface area contributed by atoms with Crippen LogP contribution in [0.3, 0.4) is 0 Å². The van der Waals surface area contributed by atoms with Crippen LogP contribution < -0.4 is 10.1 Å². The number of nitrogens with one attached hydrogen (secondary N) is 1. The summed E-state index contributed by atoms with van der Waals surface area (Å²) in [6.45, 7) is 1.80. The summed E-state index contributed by atoms with van der Waals surface area (Å²) in [5.41, 5.74) is 1.15. The first-order valence-corrected chi connectivity index (χ1v) is 4.83. The van der Waals surface area contributed by atoms with Crippen molar-refractivity contribution in [2.24, 2.45) is 0 Å². The van der Waals surface area contributed by atoms with Gasteiger partial charge in [0.25, 0.3) is 0 Å². The second-order valence-corrected chi connectivity index (χ2v) is 3.04. The van der Waals surface area contributed by atoms with Crippen molar-refractivity contribution in [2.45, 2.75) is 6.54 Å². The summed E-state index contributed by atoms with van der Waals surface area (Å²) in [4.78, 5) is 0. The van der Waals surface area contributed by atoms with Gasteiger partial charge in [-0.1, -0.05) is 18.1 Å². The van der Waals surface area contributed by atoms with Gasteiger partial charge in [0.1, 0.15) is 12.4 Å². The van der Waals surface area contributed by atoms with Crippen molar-refractivity contribution >= 4 is 0 Å². The number of aliphatic hydroxyl groups excluding tert-OH is 1. The highest BCUT2D eigenvalue weighted by Gasteiger charge is 1.94. The van der Waals surface area contributed by atoms with Crippen molar-refractivity contribution in [1.82, 2.24) is 5.32 Å². The quantitative estimate of drug-likeness (QED) is 0.532. The fourth-order valence-electron chi connectivity index (χ4n) is 1.14. The van der Waals surface area contributed by atoms with Gasteiger partial charge in [0.05, 0.1) is 6.61 Å². The molecule has 0 bridgehead atoms. The Morgan fingerprint density at radius 3 is 2.67 bits per heavy atom. The van der Waals surface area contributed by atoms with Crippen molar-refractivity contribution in [3.8, 4) is 18.1 Å². The Kier molecular flexibility index (Phi) is 5.31. The van der Waals surface area contributed by atoms with E-state index in [0.29, 0.717) is 13.2 Å². The van der Waals surface area contributed by atoms with Crippen LogP contribution in [0, 0.1) is 12.3 Å². The molecule has 0 saturated heterocycles. The van der Waals surface area contributed by atoms with Gasteiger partial charge in [0.15, 0.2) is 0 Å². The van der Waals surface area contributed by atoms with Gasteiger partial charge in [-0.15, -0.1) is 6.42 Å². The van der Waals surface area contributed by atoms with Crippen LogP contribution in [0.1, 0.15) is 5.56 Å². The topological polar surface area (TPSA) is 41.5 Å². The molecule has 3 heteroatoms. The van der Waals surface area contributed by atoms with Gasteiger partial charge >= 0.3 is 0 Å². The van der Waals surface area contributed by atoms with Crippen molar-refractivity contribution in [2.75, 3.05) is 19.8 Å². The molecule has 1 rings (SSSR count). The molecule has 0 aromatic heterocycles. The molecular weight excluding hydrogens is 190 g/mol. The lowest BCUT2D eigenvalue weighted by Gasteiger charge is -2.05. The Balaban J connectivity index is 2.39. The van der Waals surface area contributed by atoms with E-state index in [-0.39, 0.29) is 6.61 Å². The molecule has 0 aliphatic rings. The fraction of sp³-hybridized carbons (Fsp3) is 0.333. The van der Waals surface area contributed by atoms with Crippen molar-refractivity contribution in [3.05, 3.63) is 29.8 Å². The Bertz CT molecular complexity index is 313. The molecule has 0 amide bonds. The van der Waals surface area contributed by atoms with E-state index in [1.165, 1.54) is 0 Å². The molecule has 0 saturated carbocycles. The molecule has 0 aliphatic carbocycles. The lowest BCUT2D eigenvalue weighted by Crippen LogP contribution is -2.17. The standard InChI is InChI=1S/C12H15NO2/c1-2-9-15-12-5-3-11(4-6-12)10-13-7-8-14/h1,3-6,13-14H,7-10H2. The zero-order chi connectivity index (χ0) is 10.9. The zero-order valence-corrected chi connectivity index (χ0v) is 8.57. The van der Waals surface area contributed by atoms with Crippen LogP contribution in [-0.4, -0.2) is 24.9 Å². The molecule has 0 radical (unpaired) electrons. The maximum absolute atomic E-state index is 8.58. The maximum atomic E-state index is 8.58. The van der Waals surface area contributed by atoms with E-state index < -0.39 is 0 Å². The van der Waals surface area contributed by atoms with Crippen LogP contribution in [-0.2, 0) is 6.54 Å². The molecule has 0 unspecified atom stereocenters. The molecule has 15 heavy (non-hydrogen) atoms. The predicted molar refractivity (Wildman–Crippen MR) is 59.6 cm³/mol. The molecule has 0 heterocycles. The second kappa shape index (κ2) is 6.88. The van der Waals surface area contributed by atoms with Crippen molar-refractivity contribution in [1.29, 1.82) is 0 Å². The number of terminal acetylenes is 1. The third-order valence-corrected chi connectivity index (χ3v) is 1.86. The molecule has 0 fully saturated rings. The first-order valence-electron chi connectivity index (χ1n) is 4.83. The van der Waals surface area contributed by atoms with E-state index in [1.807, 2.05) is 24.3 Å². The second-order valence-electron chi connectivity index (χ2n) is 3.04. The molecular formula is C12H15NO2. The van der Waals surface area contributed by atoms with Crippen LogP contribution in [0.15, 0.2) is 24.3 Å². The first kappa shape index (κ1) is 11.6. The summed E-state index contributed by atoms with van der Waals surface area (Å²) >= 11 is 0. The summed E-state index contributed by atoms with van der Waals surface area (Å²) in [6.07, 6.45) is 5.08. The Morgan fingerprint density at radius 2 is 2.07 bits per heavy atom. The van der Waals surface area contributed by atoms with E-state index in [2.05, 4.69) is 11.2 Å². The summed E-state index contributed by atoms with van der Waals surface area (Å²) in [5, 5.41) is 11.7. The zero-order valence-electron chi connectivity index (χ0n) is 8.57. The highest BCUT2D eigenvalue weighted by molar-refractivity contribution is 5.27. The van der Waals surface area contributed by atoms with Crippen LogP contribution in [0.2, 0.25) is 0 Å². The number of ether oxygens (including phenoxy) is 1. The Labute approximate surface area is 90.1 Å². The summed E-state index contributed by atoms with van der Waals surface area (Å²) in [6, 6.07) is 7.70. The lowest BCUT2D eigenvalue weighted by molar-refractivity contribution is 0.292. The molecule has 0 spiro atoms. The Hall–Kier alpha value is -1.50. The van der Waals surface area contributed by atoms with Gasteiger partial charge in [-0.2, -0.15) is 0 Å². The molecule has 1 aromatic rings. The third-order valence-electron chi connectivity index (χ3n) is 1.86. The van der Waals surface area contributed by atoms with Crippen LogP contribution in [0.4, 0.5) is 0 Å². The molecule has 1 aromatic carbocycles. The monoisotopic (exact) mass is 205 g/mol. The lowest BCUT2D eigenvalue weighted by atomic mass is 10.2. The first-order chi connectivity index (χ1) is 7.36. The molecule has 2 N–H and O–H groups in total. The van der Waals surface area contributed by atoms with Gasteiger partial charge in [0, 0.05) is 13.1 Å². The van der Waals surface area contributed by atoms with Crippen LogP contribution in [0.25, 0.3) is 0 Å². The SMILES string of the molecule is C#CCOc1ccc(CNCCO)cc1. The third kappa shape index (κ3) is 4.50. The molecule has 0 atom stereocenters. The maximum Gasteiger partial charge on any atom is 0.148 e. The number of hydrogen-bond acceptors (Lipinski definition) is 3. The average Bonchev–Trinajstić information content (AvgIpc) is 2.28. The minimum absolute atomic E-state index is 0.156. The molecule has 0 aliphatic heterocycles. The van der Waals surface area contributed by atoms with Gasteiger partial charge in [-0.3, -0.25) is 0 Å². The average molecular weight is 205 g/mol. The summed E-state index contributed by atoms with van der Waals surface area (Å²) < 4.78 is 5.24. The van der Waals surface area contributed by atoms with E-state index in [1.54, 1.807) is 0 Å². The molecule has 3 nitrogen and oxygen atoms in total. The van der Waals surface area contributed by atoms with Crippen LogP contribution >= 0.6 is 0 Å². The van der Waals surface area contributed by atoms with Gasteiger partial charge < -0.3 is 15.2 Å². The number of aliphatic hydroxyl groups is 1. The van der Waals surface area contributed by atoms with Gasteiger partial charge in [-0.25, -0.2) is 0 Å². The minimum Gasteiger partial charge on any atom is -0.481 e. The summed E-state index contributed by atoms with van der Waals surface area (Å²) in [7, 11) is 0. The number of hydrogen-bond donors (Lipinski definition) is 2. The van der Waals surface area contributed by atoms with Gasteiger partial charge in [0.2, 0.25) is 0 Å². The van der Waals surface area contributed by atoms with E-state index in [0.717, 1.165) is 17.9 Å². The number of benzene rings is 1. The van der Waals surface area contributed by atoms with E-state index >= 15 is 0 Å². The Morgan fingerprint density at radius 1 is 1.33 bits per heavy atom. The molecule has 80 valence electrons. The highest BCUT2D eigenvalue weighted by Crippen LogP contribution is 2.11. The van der Waals surface area contributed by atoms with Crippen molar-refractivity contribution in [3.63, 3.8) is 0 Å². The normalized spacial score (nSPS) is 9.60. The number of rotatable bonds is 6.